The highest BCUT2D eigenvalue weighted by Crippen LogP contribution is 2.28. The molecule has 130 valence electrons. The summed E-state index contributed by atoms with van der Waals surface area (Å²) < 4.78 is 5.80. The van der Waals surface area contributed by atoms with Gasteiger partial charge in [-0.1, -0.05) is 31.0 Å². The van der Waals surface area contributed by atoms with E-state index in [1.165, 1.54) is 12.8 Å². The standard InChI is InChI=1S/C19H26N2O3/c1-21(2)12-15-14-9-5-6-10-17(14)24-18(15)19(23)20-11-16(22)13-7-3-4-8-13/h5-6,9-10,13,16,22H,3-4,7-8,11-12H2,1-2H3,(H,20,23). The van der Waals surface area contributed by atoms with Crippen LogP contribution >= 0.6 is 0 Å². The number of rotatable bonds is 6. The quantitative estimate of drug-likeness (QED) is 0.855. The summed E-state index contributed by atoms with van der Waals surface area (Å²) >= 11 is 0. The first-order chi connectivity index (χ1) is 11.6. The van der Waals surface area contributed by atoms with Crippen molar-refractivity contribution in [3.8, 4) is 0 Å². The lowest BCUT2D eigenvalue weighted by atomic mass is 10.0. The van der Waals surface area contributed by atoms with Crippen LogP contribution < -0.4 is 5.32 Å². The maximum absolute atomic E-state index is 12.6. The Bertz CT molecular complexity index is 702. The molecule has 2 aromatic rings. The molecule has 1 aliphatic carbocycles. The predicted molar refractivity (Wildman–Crippen MR) is 93.9 cm³/mol. The average molecular weight is 330 g/mol. The molecule has 3 rings (SSSR count). The zero-order chi connectivity index (χ0) is 17.1. The van der Waals surface area contributed by atoms with Crippen molar-refractivity contribution in [1.29, 1.82) is 0 Å². The number of amides is 1. The zero-order valence-corrected chi connectivity index (χ0v) is 14.4. The van der Waals surface area contributed by atoms with Gasteiger partial charge in [-0.25, -0.2) is 0 Å². The van der Waals surface area contributed by atoms with E-state index in [4.69, 9.17) is 4.42 Å². The van der Waals surface area contributed by atoms with Gasteiger partial charge >= 0.3 is 0 Å². The second-order valence-electron chi connectivity index (χ2n) is 6.97. The molecule has 1 heterocycles. The summed E-state index contributed by atoms with van der Waals surface area (Å²) in [6.07, 6.45) is 3.97. The van der Waals surface area contributed by atoms with Crippen molar-refractivity contribution in [3.63, 3.8) is 0 Å². The van der Waals surface area contributed by atoms with Crippen molar-refractivity contribution in [3.05, 3.63) is 35.6 Å². The number of hydrogen-bond donors (Lipinski definition) is 2. The Morgan fingerprint density at radius 1 is 1.33 bits per heavy atom. The summed E-state index contributed by atoms with van der Waals surface area (Å²) in [6, 6.07) is 7.69. The third-order valence-electron chi connectivity index (χ3n) is 4.79. The van der Waals surface area contributed by atoms with E-state index in [9.17, 15) is 9.90 Å². The van der Waals surface area contributed by atoms with Crippen LogP contribution in [-0.2, 0) is 6.54 Å². The minimum absolute atomic E-state index is 0.250. The fraction of sp³-hybridized carbons (Fsp3) is 0.526. The van der Waals surface area contributed by atoms with Gasteiger partial charge in [-0.05, 0) is 38.9 Å². The number of carbonyl (C=O) groups excluding carboxylic acids is 1. The lowest BCUT2D eigenvalue weighted by Crippen LogP contribution is -2.35. The SMILES string of the molecule is CN(C)Cc1c(C(=O)NCC(O)C2CCCC2)oc2ccccc12. The fourth-order valence-corrected chi connectivity index (χ4v) is 3.54. The molecule has 1 aromatic carbocycles. The zero-order valence-electron chi connectivity index (χ0n) is 14.4. The van der Waals surface area contributed by atoms with Gasteiger partial charge in [0.1, 0.15) is 5.58 Å². The van der Waals surface area contributed by atoms with Gasteiger partial charge in [0.2, 0.25) is 0 Å². The molecular formula is C19H26N2O3. The summed E-state index contributed by atoms with van der Waals surface area (Å²) in [5.74, 6) is 0.408. The van der Waals surface area contributed by atoms with Crippen molar-refractivity contribution in [2.24, 2.45) is 5.92 Å². The Balaban J connectivity index is 1.76. The minimum atomic E-state index is -0.474. The van der Waals surface area contributed by atoms with E-state index in [2.05, 4.69) is 5.32 Å². The van der Waals surface area contributed by atoms with E-state index in [0.717, 1.165) is 29.4 Å². The van der Waals surface area contributed by atoms with Gasteiger partial charge in [-0.15, -0.1) is 0 Å². The van der Waals surface area contributed by atoms with Crippen LogP contribution in [0.3, 0.4) is 0 Å². The number of hydrogen-bond acceptors (Lipinski definition) is 4. The molecule has 2 N–H and O–H groups in total. The molecule has 5 nitrogen and oxygen atoms in total. The summed E-state index contributed by atoms with van der Waals surface area (Å²) in [5.41, 5.74) is 1.61. The van der Waals surface area contributed by atoms with Crippen LogP contribution in [0.2, 0.25) is 0 Å². The highest BCUT2D eigenvalue weighted by molar-refractivity contribution is 5.99. The lowest BCUT2D eigenvalue weighted by Gasteiger charge is -2.18. The van der Waals surface area contributed by atoms with Gasteiger partial charge in [0.25, 0.3) is 5.91 Å². The second-order valence-corrected chi connectivity index (χ2v) is 6.97. The largest absolute Gasteiger partial charge is 0.451 e. The van der Waals surface area contributed by atoms with Crippen LogP contribution in [0.1, 0.15) is 41.8 Å². The van der Waals surface area contributed by atoms with Crippen LogP contribution in [0, 0.1) is 5.92 Å². The number of furan rings is 1. The van der Waals surface area contributed by atoms with Crippen LogP contribution in [0.4, 0.5) is 0 Å². The molecular weight excluding hydrogens is 304 g/mol. The molecule has 0 aliphatic heterocycles. The van der Waals surface area contributed by atoms with E-state index < -0.39 is 6.10 Å². The van der Waals surface area contributed by atoms with Crippen LogP contribution in [-0.4, -0.2) is 42.7 Å². The van der Waals surface area contributed by atoms with Crippen LogP contribution in [0.5, 0.6) is 0 Å². The van der Waals surface area contributed by atoms with E-state index in [1.54, 1.807) is 0 Å². The van der Waals surface area contributed by atoms with Gasteiger partial charge in [-0.3, -0.25) is 4.79 Å². The predicted octanol–water partition coefficient (Wildman–Crippen LogP) is 2.78. The maximum atomic E-state index is 12.6. The number of para-hydroxylation sites is 1. The Labute approximate surface area is 142 Å². The van der Waals surface area contributed by atoms with Crippen molar-refractivity contribution in [2.75, 3.05) is 20.6 Å². The topological polar surface area (TPSA) is 65.7 Å². The smallest absolute Gasteiger partial charge is 0.287 e. The third-order valence-corrected chi connectivity index (χ3v) is 4.79. The molecule has 1 fully saturated rings. The normalized spacial score (nSPS) is 16.8. The average Bonchev–Trinajstić information content (AvgIpc) is 3.20. The van der Waals surface area contributed by atoms with Gasteiger partial charge in [0.15, 0.2) is 5.76 Å². The number of carbonyl (C=O) groups is 1. The molecule has 1 amide bonds. The second kappa shape index (κ2) is 7.36. The third kappa shape index (κ3) is 3.62. The minimum Gasteiger partial charge on any atom is -0.451 e. The molecule has 1 unspecified atom stereocenters. The summed E-state index contributed by atoms with van der Waals surface area (Å²) in [7, 11) is 3.93. The molecule has 1 saturated carbocycles. The van der Waals surface area contributed by atoms with Crippen molar-refractivity contribution in [1.82, 2.24) is 10.2 Å². The Hall–Kier alpha value is -1.85. The van der Waals surface area contributed by atoms with E-state index in [1.807, 2.05) is 43.3 Å². The molecule has 5 heteroatoms. The van der Waals surface area contributed by atoms with Crippen LogP contribution in [0.15, 0.2) is 28.7 Å². The maximum Gasteiger partial charge on any atom is 0.287 e. The number of aliphatic hydroxyl groups is 1. The van der Waals surface area contributed by atoms with Gasteiger partial charge < -0.3 is 19.7 Å². The van der Waals surface area contributed by atoms with E-state index in [-0.39, 0.29) is 12.5 Å². The number of fused-ring (bicyclic) bond motifs is 1. The summed E-state index contributed by atoms with van der Waals surface area (Å²) in [6.45, 7) is 0.910. The molecule has 1 aliphatic rings. The first kappa shape index (κ1) is 17.0. The molecule has 24 heavy (non-hydrogen) atoms. The highest BCUT2D eigenvalue weighted by Gasteiger charge is 2.25. The number of benzene rings is 1. The first-order valence-electron chi connectivity index (χ1n) is 8.67. The summed E-state index contributed by atoms with van der Waals surface area (Å²) in [5, 5.41) is 14.1. The fourth-order valence-electron chi connectivity index (χ4n) is 3.54. The molecule has 0 bridgehead atoms. The number of aliphatic hydroxyl groups excluding tert-OH is 1. The monoisotopic (exact) mass is 330 g/mol. The Kier molecular flexibility index (Phi) is 5.21. The van der Waals surface area contributed by atoms with Gasteiger partial charge in [-0.2, -0.15) is 0 Å². The summed E-state index contributed by atoms with van der Waals surface area (Å²) in [4.78, 5) is 14.6. The molecule has 1 atom stereocenters. The first-order valence-corrected chi connectivity index (χ1v) is 8.67. The Morgan fingerprint density at radius 2 is 2.04 bits per heavy atom. The number of nitrogens with zero attached hydrogens (tertiary/aromatic N) is 1. The van der Waals surface area contributed by atoms with Gasteiger partial charge in [0.05, 0.1) is 6.10 Å². The van der Waals surface area contributed by atoms with Crippen LogP contribution in [0.25, 0.3) is 11.0 Å². The number of nitrogens with one attached hydrogen (secondary N) is 1. The van der Waals surface area contributed by atoms with Crippen molar-refractivity contribution in [2.45, 2.75) is 38.3 Å². The van der Waals surface area contributed by atoms with Crippen molar-refractivity contribution < 1.29 is 14.3 Å². The lowest BCUT2D eigenvalue weighted by molar-refractivity contribution is 0.0818. The molecule has 0 saturated heterocycles. The van der Waals surface area contributed by atoms with Gasteiger partial charge in [0, 0.05) is 24.0 Å². The van der Waals surface area contributed by atoms with E-state index in [0.29, 0.717) is 18.2 Å². The Morgan fingerprint density at radius 3 is 2.75 bits per heavy atom. The molecule has 0 radical (unpaired) electrons. The molecule has 0 spiro atoms. The van der Waals surface area contributed by atoms with Crippen molar-refractivity contribution >= 4 is 16.9 Å². The van der Waals surface area contributed by atoms with E-state index >= 15 is 0 Å². The highest BCUT2D eigenvalue weighted by atomic mass is 16.3. The molecule has 1 aromatic heterocycles.